The van der Waals surface area contributed by atoms with Gasteiger partial charge in [-0.15, -0.1) is 0 Å². The van der Waals surface area contributed by atoms with Crippen molar-refractivity contribution in [1.82, 2.24) is 5.32 Å². The average Bonchev–Trinajstić information content (AvgIpc) is 2.79. The minimum atomic E-state index is -1.86. The Balaban J connectivity index is 2.17. The summed E-state index contributed by atoms with van der Waals surface area (Å²) in [5, 5.41) is 3.89. The molecule has 0 aliphatic rings. The Kier molecular flexibility index (Phi) is 9.85. The molecule has 0 fully saturated rings. The van der Waals surface area contributed by atoms with Gasteiger partial charge in [0.2, 0.25) is 5.75 Å². The Morgan fingerprint density at radius 2 is 1.56 bits per heavy atom. The first-order valence-corrected chi connectivity index (χ1v) is 14.7. The number of carbonyl (C=O) groups is 1. The zero-order valence-electron chi connectivity index (χ0n) is 21.6. The van der Waals surface area contributed by atoms with Gasteiger partial charge in [0.15, 0.2) is 19.8 Å². The molecule has 34 heavy (non-hydrogen) atoms. The predicted octanol–water partition coefficient (Wildman–Crippen LogP) is 6.29. The molecule has 0 saturated carbocycles. The lowest BCUT2D eigenvalue weighted by Gasteiger charge is -2.36. The summed E-state index contributed by atoms with van der Waals surface area (Å²) >= 11 is 6.10. The van der Waals surface area contributed by atoms with Crippen LogP contribution in [-0.2, 0) is 4.43 Å². The lowest BCUT2D eigenvalue weighted by atomic mass is 9.96. The van der Waals surface area contributed by atoms with E-state index in [4.69, 9.17) is 30.2 Å². The molecule has 188 valence electrons. The fraction of sp³-hybridized carbons (Fsp3) is 0.500. The molecular weight excluding hydrogens is 470 g/mol. The van der Waals surface area contributed by atoms with Crippen molar-refractivity contribution < 1.29 is 23.4 Å². The Morgan fingerprint density at radius 1 is 1.00 bits per heavy atom. The van der Waals surface area contributed by atoms with Crippen LogP contribution in [0.5, 0.6) is 17.2 Å². The highest BCUT2D eigenvalue weighted by atomic mass is 35.5. The molecule has 2 rings (SSSR count). The number of hydrogen-bond donors (Lipinski definition) is 1. The highest BCUT2D eigenvalue weighted by Crippen LogP contribution is 2.38. The Bertz CT molecular complexity index is 932. The monoisotopic (exact) mass is 507 g/mol. The number of nitrogens with one attached hydrogen (secondary N) is 1. The quantitative estimate of drug-likeness (QED) is 0.362. The number of methoxy groups -OCH3 is 3. The SMILES string of the molecule is COc1cc(C(=O)NCC(CCO[Si](C)(C)C(C)(C)C)c2ccc(Cl)cc2)cc(OC)c1OC. The molecule has 8 heteroatoms. The van der Waals surface area contributed by atoms with Gasteiger partial charge in [0.25, 0.3) is 5.91 Å². The van der Waals surface area contributed by atoms with E-state index in [9.17, 15) is 4.79 Å². The van der Waals surface area contributed by atoms with Crippen LogP contribution in [0, 0.1) is 0 Å². The van der Waals surface area contributed by atoms with Gasteiger partial charge in [0, 0.05) is 29.7 Å². The Labute approximate surface area is 210 Å². The lowest BCUT2D eigenvalue weighted by molar-refractivity contribution is 0.0948. The molecule has 1 unspecified atom stereocenters. The van der Waals surface area contributed by atoms with Crippen molar-refractivity contribution in [2.24, 2.45) is 0 Å². The van der Waals surface area contributed by atoms with Gasteiger partial charge in [-0.2, -0.15) is 0 Å². The molecule has 0 aromatic heterocycles. The van der Waals surface area contributed by atoms with Gasteiger partial charge in [-0.1, -0.05) is 44.5 Å². The van der Waals surface area contributed by atoms with E-state index in [1.165, 1.54) is 21.3 Å². The van der Waals surface area contributed by atoms with E-state index in [1.54, 1.807) is 12.1 Å². The molecule has 0 aliphatic heterocycles. The van der Waals surface area contributed by atoms with Crippen LogP contribution in [0.15, 0.2) is 36.4 Å². The first kappa shape index (κ1) is 28.0. The van der Waals surface area contributed by atoms with Crippen LogP contribution in [0.4, 0.5) is 0 Å². The van der Waals surface area contributed by atoms with E-state index < -0.39 is 8.32 Å². The fourth-order valence-corrected chi connectivity index (χ4v) is 4.51. The summed E-state index contributed by atoms with van der Waals surface area (Å²) in [5.74, 6) is 1.17. The molecule has 0 bridgehead atoms. The third-order valence-electron chi connectivity index (χ3n) is 6.51. The number of hydrogen-bond acceptors (Lipinski definition) is 5. The molecule has 1 atom stereocenters. The van der Waals surface area contributed by atoms with Crippen molar-refractivity contribution in [1.29, 1.82) is 0 Å². The van der Waals surface area contributed by atoms with Crippen molar-refractivity contribution in [2.45, 2.75) is 51.2 Å². The van der Waals surface area contributed by atoms with Gasteiger partial charge in [-0.05, 0) is 54.4 Å². The van der Waals surface area contributed by atoms with Crippen molar-refractivity contribution in [3.8, 4) is 17.2 Å². The van der Waals surface area contributed by atoms with Crippen molar-refractivity contribution >= 4 is 25.8 Å². The summed E-state index contributed by atoms with van der Waals surface area (Å²) < 4.78 is 22.5. The molecule has 1 N–H and O–H groups in total. The molecule has 6 nitrogen and oxygen atoms in total. The Hall–Kier alpha value is -2.22. The first-order valence-electron chi connectivity index (χ1n) is 11.4. The maximum absolute atomic E-state index is 13.0. The van der Waals surface area contributed by atoms with E-state index in [0.717, 1.165) is 12.0 Å². The average molecular weight is 508 g/mol. The van der Waals surface area contributed by atoms with Crippen LogP contribution in [0.1, 0.15) is 49.0 Å². The van der Waals surface area contributed by atoms with Crippen LogP contribution in [0.2, 0.25) is 23.2 Å². The minimum Gasteiger partial charge on any atom is -0.493 e. The molecule has 0 heterocycles. The summed E-state index contributed by atoms with van der Waals surface area (Å²) in [6.07, 6.45) is 0.781. The zero-order chi connectivity index (χ0) is 25.5. The number of halogens is 1. The molecule has 0 spiro atoms. The highest BCUT2D eigenvalue weighted by Gasteiger charge is 2.37. The predicted molar refractivity (Wildman–Crippen MR) is 140 cm³/mol. The van der Waals surface area contributed by atoms with E-state index in [0.29, 0.717) is 41.0 Å². The number of benzene rings is 2. The molecule has 0 aliphatic carbocycles. The van der Waals surface area contributed by atoms with Crippen LogP contribution in [0.25, 0.3) is 0 Å². The third kappa shape index (κ3) is 7.14. The van der Waals surface area contributed by atoms with Gasteiger partial charge < -0.3 is 24.0 Å². The smallest absolute Gasteiger partial charge is 0.251 e. The van der Waals surface area contributed by atoms with Gasteiger partial charge in [0.05, 0.1) is 21.3 Å². The van der Waals surface area contributed by atoms with E-state index in [2.05, 4.69) is 39.2 Å². The summed E-state index contributed by atoms with van der Waals surface area (Å²) in [6.45, 7) is 12.3. The summed E-state index contributed by atoms with van der Waals surface area (Å²) in [6, 6.07) is 11.1. The number of rotatable bonds is 11. The number of ether oxygens (including phenoxy) is 3. The van der Waals surface area contributed by atoms with Gasteiger partial charge in [0.1, 0.15) is 0 Å². The normalized spacial score (nSPS) is 12.7. The standard InChI is InChI=1S/C26H38ClNO5Si/c1-26(2,3)34(7,8)33-14-13-19(18-9-11-21(27)12-10-18)17-28-25(29)20-15-22(30-4)24(32-6)23(16-20)31-5/h9-12,15-16,19H,13-14,17H2,1-8H3,(H,28,29). The highest BCUT2D eigenvalue weighted by molar-refractivity contribution is 6.74. The first-order chi connectivity index (χ1) is 15.9. The molecule has 0 saturated heterocycles. The van der Waals surface area contributed by atoms with Crippen molar-refractivity contribution in [3.05, 3.63) is 52.5 Å². The second-order valence-corrected chi connectivity index (χ2v) is 15.0. The van der Waals surface area contributed by atoms with Crippen LogP contribution in [-0.4, -0.2) is 48.7 Å². The van der Waals surface area contributed by atoms with E-state index in [-0.39, 0.29) is 16.9 Å². The largest absolute Gasteiger partial charge is 0.493 e. The maximum Gasteiger partial charge on any atom is 0.251 e. The molecule has 2 aromatic rings. The van der Waals surface area contributed by atoms with Crippen molar-refractivity contribution in [3.63, 3.8) is 0 Å². The Morgan fingerprint density at radius 3 is 2.03 bits per heavy atom. The lowest BCUT2D eigenvalue weighted by Crippen LogP contribution is -2.41. The summed E-state index contributed by atoms with van der Waals surface area (Å²) in [4.78, 5) is 13.0. The summed E-state index contributed by atoms with van der Waals surface area (Å²) in [5.41, 5.74) is 1.54. The maximum atomic E-state index is 13.0. The molecule has 2 aromatic carbocycles. The second-order valence-electron chi connectivity index (χ2n) is 9.77. The summed E-state index contributed by atoms with van der Waals surface area (Å²) in [7, 11) is 2.72. The second kappa shape index (κ2) is 12.0. The molecule has 1 amide bonds. The molecular formula is C26H38ClNO5Si. The van der Waals surface area contributed by atoms with Gasteiger partial charge in [-0.25, -0.2) is 0 Å². The number of carbonyl (C=O) groups excluding carboxylic acids is 1. The van der Waals surface area contributed by atoms with Gasteiger partial charge in [-0.3, -0.25) is 4.79 Å². The number of amides is 1. The van der Waals surface area contributed by atoms with Crippen LogP contribution >= 0.6 is 11.6 Å². The van der Waals surface area contributed by atoms with Gasteiger partial charge >= 0.3 is 0 Å². The van der Waals surface area contributed by atoms with E-state index >= 15 is 0 Å². The third-order valence-corrected chi connectivity index (χ3v) is 11.3. The van der Waals surface area contributed by atoms with Crippen LogP contribution in [0.3, 0.4) is 0 Å². The minimum absolute atomic E-state index is 0.0769. The zero-order valence-corrected chi connectivity index (χ0v) is 23.3. The van der Waals surface area contributed by atoms with Crippen molar-refractivity contribution in [2.75, 3.05) is 34.5 Å². The fourth-order valence-electron chi connectivity index (χ4n) is 3.32. The molecule has 0 radical (unpaired) electrons. The topological polar surface area (TPSA) is 66.0 Å². The van der Waals surface area contributed by atoms with Crippen LogP contribution < -0.4 is 19.5 Å². The van der Waals surface area contributed by atoms with E-state index in [1.807, 2.05) is 24.3 Å².